The van der Waals surface area contributed by atoms with Crippen molar-refractivity contribution in [2.75, 3.05) is 26.8 Å². The Morgan fingerprint density at radius 3 is 2.72 bits per heavy atom. The molecular weight excluding hydrogens is 403 g/mol. The zero-order chi connectivity index (χ0) is 22.3. The Hall–Kier alpha value is -2.70. The summed E-state index contributed by atoms with van der Waals surface area (Å²) in [6.07, 6.45) is 7.61. The van der Waals surface area contributed by atoms with Crippen molar-refractivity contribution >= 4 is 0 Å². The zero-order valence-corrected chi connectivity index (χ0v) is 18.9. The molecule has 1 saturated heterocycles. The Bertz CT molecular complexity index is 1020. The third kappa shape index (κ3) is 6.17. The van der Waals surface area contributed by atoms with E-state index in [-0.39, 0.29) is 5.82 Å². The second kappa shape index (κ2) is 10.7. The number of likely N-dealkylation sites (tertiary alicyclic amines) is 1. The number of hydrogen-bond donors (Lipinski definition) is 0. The van der Waals surface area contributed by atoms with Gasteiger partial charge in [0.1, 0.15) is 11.6 Å². The Labute approximate surface area is 189 Å². The van der Waals surface area contributed by atoms with Crippen LogP contribution >= 0.6 is 0 Å². The molecular formula is C26H31FN4O. The summed E-state index contributed by atoms with van der Waals surface area (Å²) in [7, 11) is 1.69. The number of halogens is 1. The molecule has 1 fully saturated rings. The summed E-state index contributed by atoms with van der Waals surface area (Å²) < 4.78 is 18.7. The molecule has 0 N–H and O–H groups in total. The molecule has 6 heteroatoms. The van der Waals surface area contributed by atoms with Crippen LogP contribution in [0.3, 0.4) is 0 Å². The zero-order valence-electron chi connectivity index (χ0n) is 18.9. The minimum Gasteiger partial charge on any atom is -0.384 e. The molecule has 1 atom stereocenters. The van der Waals surface area contributed by atoms with Crippen molar-refractivity contribution in [3.63, 3.8) is 0 Å². The van der Waals surface area contributed by atoms with E-state index in [9.17, 15) is 4.39 Å². The number of piperidine rings is 1. The fourth-order valence-electron chi connectivity index (χ4n) is 4.45. The first-order valence-corrected chi connectivity index (χ1v) is 11.3. The van der Waals surface area contributed by atoms with Gasteiger partial charge >= 0.3 is 0 Å². The van der Waals surface area contributed by atoms with Gasteiger partial charge in [-0.25, -0.2) is 14.4 Å². The van der Waals surface area contributed by atoms with E-state index in [1.54, 1.807) is 19.2 Å². The van der Waals surface area contributed by atoms with Gasteiger partial charge in [0.15, 0.2) is 0 Å². The van der Waals surface area contributed by atoms with Crippen molar-refractivity contribution in [1.82, 2.24) is 19.9 Å². The van der Waals surface area contributed by atoms with E-state index in [4.69, 9.17) is 9.72 Å². The maximum absolute atomic E-state index is 13.6. The van der Waals surface area contributed by atoms with E-state index < -0.39 is 0 Å². The number of aromatic nitrogens is 3. The van der Waals surface area contributed by atoms with Gasteiger partial charge in [-0.3, -0.25) is 9.88 Å². The highest BCUT2D eigenvalue weighted by atomic mass is 19.1. The fraction of sp³-hybridized carbons (Fsp3) is 0.423. The molecule has 0 bridgehead atoms. The third-order valence-corrected chi connectivity index (χ3v) is 5.95. The molecule has 5 nitrogen and oxygen atoms in total. The van der Waals surface area contributed by atoms with Crippen LogP contribution in [0, 0.1) is 12.7 Å². The molecule has 0 spiro atoms. The number of pyridine rings is 1. The van der Waals surface area contributed by atoms with Crippen molar-refractivity contribution in [2.45, 2.75) is 45.1 Å². The average Bonchev–Trinajstić information content (AvgIpc) is 2.78. The Balaban J connectivity index is 1.42. The molecule has 1 aliphatic heterocycles. The monoisotopic (exact) mass is 434 g/mol. The van der Waals surface area contributed by atoms with Crippen LogP contribution < -0.4 is 0 Å². The molecule has 168 valence electrons. The highest BCUT2D eigenvalue weighted by Crippen LogP contribution is 2.28. The van der Waals surface area contributed by atoms with Crippen molar-refractivity contribution in [3.8, 4) is 0 Å². The van der Waals surface area contributed by atoms with Crippen LogP contribution in [-0.4, -0.2) is 46.7 Å². The fourth-order valence-corrected chi connectivity index (χ4v) is 4.45. The summed E-state index contributed by atoms with van der Waals surface area (Å²) >= 11 is 0. The summed E-state index contributed by atoms with van der Waals surface area (Å²) in [5.41, 5.74) is 5.48. The van der Waals surface area contributed by atoms with Gasteiger partial charge < -0.3 is 4.74 Å². The highest BCUT2D eigenvalue weighted by Gasteiger charge is 2.23. The first-order valence-electron chi connectivity index (χ1n) is 11.3. The molecule has 0 amide bonds. The third-order valence-electron chi connectivity index (χ3n) is 5.95. The van der Waals surface area contributed by atoms with Crippen molar-refractivity contribution in [3.05, 3.63) is 88.5 Å². The van der Waals surface area contributed by atoms with Crippen LogP contribution in [0.4, 0.5) is 4.39 Å². The Kier molecular flexibility index (Phi) is 7.55. The largest absolute Gasteiger partial charge is 0.384 e. The van der Waals surface area contributed by atoms with Crippen LogP contribution in [0.25, 0.3) is 0 Å². The number of ether oxygens (including phenoxy) is 1. The molecule has 1 aromatic carbocycles. The molecule has 1 unspecified atom stereocenters. The normalized spacial score (nSPS) is 16.9. The van der Waals surface area contributed by atoms with Crippen molar-refractivity contribution in [2.24, 2.45) is 0 Å². The molecule has 32 heavy (non-hydrogen) atoms. The molecule has 3 aromatic rings. The van der Waals surface area contributed by atoms with E-state index in [0.29, 0.717) is 12.5 Å². The predicted molar refractivity (Wildman–Crippen MR) is 123 cm³/mol. The van der Waals surface area contributed by atoms with Crippen LogP contribution in [0.1, 0.15) is 52.7 Å². The number of hydrogen-bond acceptors (Lipinski definition) is 5. The first-order chi connectivity index (χ1) is 15.6. The highest BCUT2D eigenvalue weighted by molar-refractivity contribution is 5.30. The lowest BCUT2D eigenvalue weighted by atomic mass is 9.92. The quantitative estimate of drug-likeness (QED) is 0.523. The topological polar surface area (TPSA) is 51.1 Å². The molecule has 3 heterocycles. The van der Waals surface area contributed by atoms with E-state index >= 15 is 0 Å². The number of methoxy groups -OCH3 is 1. The predicted octanol–water partition coefficient (Wildman–Crippen LogP) is 4.48. The number of aryl methyl sites for hydroxylation is 1. The van der Waals surface area contributed by atoms with Gasteiger partial charge in [-0.15, -0.1) is 0 Å². The van der Waals surface area contributed by atoms with Crippen molar-refractivity contribution < 1.29 is 9.13 Å². The maximum Gasteiger partial charge on any atom is 0.130 e. The molecule has 0 aliphatic carbocycles. The lowest BCUT2D eigenvalue weighted by Gasteiger charge is -2.32. The SMILES string of the molecule is COCCc1ncc(CN2CCCC(c3cc(Cc4cccc(F)c4)cc(C)n3)C2)cn1. The number of benzene rings is 1. The summed E-state index contributed by atoms with van der Waals surface area (Å²) in [4.78, 5) is 16.3. The maximum atomic E-state index is 13.6. The smallest absolute Gasteiger partial charge is 0.130 e. The van der Waals surface area contributed by atoms with E-state index in [0.717, 1.165) is 73.7 Å². The Morgan fingerprint density at radius 2 is 1.94 bits per heavy atom. The first kappa shape index (κ1) is 22.5. The van der Waals surface area contributed by atoms with Crippen LogP contribution in [0.5, 0.6) is 0 Å². The summed E-state index contributed by atoms with van der Waals surface area (Å²) in [6, 6.07) is 11.2. The Morgan fingerprint density at radius 1 is 1.09 bits per heavy atom. The van der Waals surface area contributed by atoms with Gasteiger partial charge in [-0.2, -0.15) is 0 Å². The summed E-state index contributed by atoms with van der Waals surface area (Å²) in [6.45, 7) is 5.58. The van der Waals surface area contributed by atoms with Crippen LogP contribution in [0.15, 0.2) is 48.8 Å². The van der Waals surface area contributed by atoms with E-state index in [2.05, 4.69) is 27.0 Å². The van der Waals surface area contributed by atoms with Gasteiger partial charge in [0.05, 0.1) is 6.61 Å². The lowest BCUT2D eigenvalue weighted by molar-refractivity contribution is 0.197. The standard InChI is InChI=1S/C26H31FN4O/c1-19-11-21(12-20-5-3-7-24(27)13-20)14-25(30-19)23-6-4-9-31(18-23)17-22-15-28-26(29-16-22)8-10-32-2/h3,5,7,11,13-16,23H,4,6,8-10,12,17-18H2,1-2H3. The van der Waals surface area contributed by atoms with Gasteiger partial charge in [0.25, 0.3) is 0 Å². The van der Waals surface area contributed by atoms with Crippen LogP contribution in [0.2, 0.25) is 0 Å². The van der Waals surface area contributed by atoms with Gasteiger partial charge in [-0.1, -0.05) is 12.1 Å². The molecule has 4 rings (SSSR count). The summed E-state index contributed by atoms with van der Waals surface area (Å²) in [5, 5.41) is 0. The molecule has 0 radical (unpaired) electrons. The minimum absolute atomic E-state index is 0.188. The molecule has 0 saturated carbocycles. The lowest BCUT2D eigenvalue weighted by Crippen LogP contribution is -2.34. The number of nitrogens with zero attached hydrogens (tertiary/aromatic N) is 4. The number of rotatable bonds is 8. The molecule has 1 aliphatic rings. The minimum atomic E-state index is -0.188. The average molecular weight is 435 g/mol. The van der Waals surface area contributed by atoms with Crippen molar-refractivity contribution in [1.29, 1.82) is 0 Å². The second-order valence-electron chi connectivity index (χ2n) is 8.67. The second-order valence-corrected chi connectivity index (χ2v) is 8.67. The molecule has 2 aromatic heterocycles. The van der Waals surface area contributed by atoms with E-state index in [1.807, 2.05) is 25.4 Å². The van der Waals surface area contributed by atoms with Gasteiger partial charge in [0.2, 0.25) is 0 Å². The van der Waals surface area contributed by atoms with Gasteiger partial charge in [0, 0.05) is 61.9 Å². The summed E-state index contributed by atoms with van der Waals surface area (Å²) in [5.74, 6) is 1.03. The van der Waals surface area contributed by atoms with Crippen LogP contribution in [-0.2, 0) is 24.1 Å². The van der Waals surface area contributed by atoms with E-state index in [1.165, 1.54) is 11.6 Å². The van der Waals surface area contributed by atoms with Gasteiger partial charge in [-0.05, 0) is 68.1 Å².